The van der Waals surface area contributed by atoms with Crippen molar-refractivity contribution in [3.05, 3.63) is 36.4 Å². The Labute approximate surface area is 126 Å². The van der Waals surface area contributed by atoms with E-state index in [4.69, 9.17) is 5.73 Å². The average Bonchev–Trinajstić information content (AvgIpc) is 2.47. The van der Waals surface area contributed by atoms with Gasteiger partial charge in [-0.1, -0.05) is 38.1 Å². The van der Waals surface area contributed by atoms with Crippen LogP contribution < -0.4 is 5.73 Å². The van der Waals surface area contributed by atoms with E-state index in [1.54, 1.807) is 16.4 Å². The number of sulfonamides is 1. The summed E-state index contributed by atoms with van der Waals surface area (Å²) in [4.78, 5) is 0.328. The quantitative estimate of drug-likeness (QED) is 0.863. The van der Waals surface area contributed by atoms with Gasteiger partial charge in [-0.05, 0) is 25.5 Å². The van der Waals surface area contributed by atoms with Gasteiger partial charge < -0.3 is 5.73 Å². The van der Waals surface area contributed by atoms with Crippen molar-refractivity contribution < 1.29 is 8.42 Å². The first-order valence-electron chi connectivity index (χ1n) is 7.22. The molecule has 1 unspecified atom stereocenters. The maximum atomic E-state index is 13.0. The molecule has 0 aliphatic rings. The van der Waals surface area contributed by atoms with Crippen LogP contribution in [0.2, 0.25) is 0 Å². The molecule has 0 radical (unpaired) electrons. The lowest BCUT2D eigenvalue weighted by molar-refractivity contribution is 0.343. The zero-order valence-electron chi connectivity index (χ0n) is 12.7. The van der Waals surface area contributed by atoms with Crippen LogP contribution in [0.15, 0.2) is 41.3 Å². The van der Waals surface area contributed by atoms with E-state index >= 15 is 0 Å². The second-order valence-corrected chi connectivity index (χ2v) is 7.02. The molecule has 2 aromatic carbocycles. The Kier molecular flexibility index (Phi) is 4.54. The van der Waals surface area contributed by atoms with Gasteiger partial charge in [-0.25, -0.2) is 8.42 Å². The van der Waals surface area contributed by atoms with E-state index in [1.807, 2.05) is 45.0 Å². The molecule has 0 aliphatic carbocycles. The highest BCUT2D eigenvalue weighted by Crippen LogP contribution is 2.30. The third kappa shape index (κ3) is 2.76. The largest absolute Gasteiger partial charge is 0.398 e. The van der Waals surface area contributed by atoms with Gasteiger partial charge in [-0.2, -0.15) is 4.31 Å². The van der Waals surface area contributed by atoms with Crippen molar-refractivity contribution >= 4 is 26.5 Å². The van der Waals surface area contributed by atoms with Gasteiger partial charge in [0, 0.05) is 29.0 Å². The third-order valence-electron chi connectivity index (χ3n) is 3.90. The SMILES string of the molecule is CCC(C)N(CC)S(=O)(=O)c1ccc(N)c2ccccc12. The van der Waals surface area contributed by atoms with E-state index < -0.39 is 10.0 Å². The minimum absolute atomic E-state index is 0.0312. The van der Waals surface area contributed by atoms with Gasteiger partial charge in [-0.3, -0.25) is 0 Å². The van der Waals surface area contributed by atoms with E-state index in [1.165, 1.54) is 0 Å². The molecule has 4 nitrogen and oxygen atoms in total. The van der Waals surface area contributed by atoms with Crippen LogP contribution in [0.1, 0.15) is 27.2 Å². The van der Waals surface area contributed by atoms with Crippen molar-refractivity contribution in [1.29, 1.82) is 0 Å². The van der Waals surface area contributed by atoms with Gasteiger partial charge in [0.15, 0.2) is 0 Å². The van der Waals surface area contributed by atoms with Crippen LogP contribution in [0.25, 0.3) is 10.8 Å². The third-order valence-corrected chi connectivity index (χ3v) is 6.05. The second kappa shape index (κ2) is 6.03. The number of anilines is 1. The molecule has 0 aliphatic heterocycles. The molecule has 2 N–H and O–H groups in total. The van der Waals surface area contributed by atoms with E-state index in [0.29, 0.717) is 22.5 Å². The lowest BCUT2D eigenvalue weighted by Gasteiger charge is -2.27. The average molecular weight is 306 g/mol. The summed E-state index contributed by atoms with van der Waals surface area (Å²) >= 11 is 0. The summed E-state index contributed by atoms with van der Waals surface area (Å²) in [6.07, 6.45) is 0.778. The van der Waals surface area contributed by atoms with E-state index in [0.717, 1.165) is 11.8 Å². The summed E-state index contributed by atoms with van der Waals surface area (Å²) in [6.45, 7) is 6.24. The minimum Gasteiger partial charge on any atom is -0.398 e. The van der Waals surface area contributed by atoms with E-state index in [-0.39, 0.29) is 6.04 Å². The van der Waals surface area contributed by atoms with Crippen LogP contribution in [-0.4, -0.2) is 25.3 Å². The van der Waals surface area contributed by atoms with Gasteiger partial charge >= 0.3 is 0 Å². The fourth-order valence-corrected chi connectivity index (χ4v) is 4.48. The lowest BCUT2D eigenvalue weighted by atomic mass is 10.1. The predicted octanol–water partition coefficient (Wildman–Crippen LogP) is 3.23. The molecule has 2 aromatic rings. The Bertz CT molecular complexity index is 741. The summed E-state index contributed by atoms with van der Waals surface area (Å²) in [5, 5.41) is 1.46. The molecule has 0 bridgehead atoms. The smallest absolute Gasteiger partial charge is 0.243 e. The van der Waals surface area contributed by atoms with Crippen molar-refractivity contribution in [3.63, 3.8) is 0 Å². The van der Waals surface area contributed by atoms with Gasteiger partial charge in [-0.15, -0.1) is 0 Å². The number of rotatable bonds is 5. The molecule has 0 heterocycles. The zero-order chi connectivity index (χ0) is 15.6. The molecule has 0 amide bonds. The van der Waals surface area contributed by atoms with Crippen LogP contribution in [0.3, 0.4) is 0 Å². The molecule has 5 heteroatoms. The Balaban J connectivity index is 2.68. The summed E-state index contributed by atoms with van der Waals surface area (Å²) in [5.41, 5.74) is 6.55. The highest BCUT2D eigenvalue weighted by Gasteiger charge is 2.28. The van der Waals surface area contributed by atoms with Crippen LogP contribution >= 0.6 is 0 Å². The standard InChI is InChI=1S/C16H22N2O2S/c1-4-12(3)18(5-2)21(19,20)16-11-10-15(17)13-8-6-7-9-14(13)16/h6-12H,4-5,17H2,1-3H3. The van der Waals surface area contributed by atoms with Crippen molar-refractivity contribution in [2.45, 2.75) is 38.1 Å². The molecule has 2 rings (SSSR count). The number of hydrogen-bond acceptors (Lipinski definition) is 3. The van der Waals surface area contributed by atoms with Gasteiger partial charge in [0.2, 0.25) is 10.0 Å². The van der Waals surface area contributed by atoms with Crippen LogP contribution in [0.4, 0.5) is 5.69 Å². The topological polar surface area (TPSA) is 63.4 Å². The maximum Gasteiger partial charge on any atom is 0.243 e. The number of benzene rings is 2. The van der Waals surface area contributed by atoms with Gasteiger partial charge in [0.05, 0.1) is 4.90 Å². The highest BCUT2D eigenvalue weighted by atomic mass is 32.2. The predicted molar refractivity (Wildman–Crippen MR) is 87.7 cm³/mol. The Morgan fingerprint density at radius 1 is 1.10 bits per heavy atom. The highest BCUT2D eigenvalue weighted by molar-refractivity contribution is 7.89. The number of nitrogen functional groups attached to an aromatic ring is 1. The summed E-state index contributed by atoms with van der Waals surface area (Å²) < 4.78 is 27.5. The minimum atomic E-state index is -3.53. The zero-order valence-corrected chi connectivity index (χ0v) is 13.5. The van der Waals surface area contributed by atoms with Crippen LogP contribution in [-0.2, 0) is 10.0 Å². The van der Waals surface area contributed by atoms with Crippen LogP contribution in [0, 0.1) is 0 Å². The van der Waals surface area contributed by atoms with Crippen molar-refractivity contribution in [2.24, 2.45) is 0 Å². The maximum absolute atomic E-state index is 13.0. The molecule has 1 atom stereocenters. The summed E-state index contributed by atoms with van der Waals surface area (Å²) in [6, 6.07) is 10.6. The number of hydrogen-bond donors (Lipinski definition) is 1. The Morgan fingerprint density at radius 3 is 2.29 bits per heavy atom. The summed E-state index contributed by atoms with van der Waals surface area (Å²) in [7, 11) is -3.53. The molecule has 0 aromatic heterocycles. The normalized spacial score (nSPS) is 13.7. The molecular weight excluding hydrogens is 284 g/mol. The van der Waals surface area contributed by atoms with Crippen molar-refractivity contribution in [3.8, 4) is 0 Å². The molecule has 0 fully saturated rings. The van der Waals surface area contributed by atoms with Crippen molar-refractivity contribution in [2.75, 3.05) is 12.3 Å². The molecule has 0 spiro atoms. The number of nitrogens with zero attached hydrogens (tertiary/aromatic N) is 1. The van der Waals surface area contributed by atoms with E-state index in [9.17, 15) is 8.42 Å². The van der Waals surface area contributed by atoms with Crippen LogP contribution in [0.5, 0.6) is 0 Å². The fourth-order valence-electron chi connectivity index (χ4n) is 2.57. The van der Waals surface area contributed by atoms with Gasteiger partial charge in [0.25, 0.3) is 0 Å². The monoisotopic (exact) mass is 306 g/mol. The molecule has 114 valence electrons. The second-order valence-electron chi connectivity index (χ2n) is 5.16. The Morgan fingerprint density at radius 2 is 1.71 bits per heavy atom. The number of fused-ring (bicyclic) bond motifs is 1. The first-order chi connectivity index (χ1) is 9.93. The fraction of sp³-hybridized carbons (Fsp3) is 0.375. The van der Waals surface area contributed by atoms with Gasteiger partial charge in [0.1, 0.15) is 0 Å². The first-order valence-corrected chi connectivity index (χ1v) is 8.66. The summed E-state index contributed by atoms with van der Waals surface area (Å²) in [5.74, 6) is 0. The molecule has 0 saturated carbocycles. The lowest BCUT2D eigenvalue weighted by Crippen LogP contribution is -2.38. The first kappa shape index (κ1) is 15.8. The molecular formula is C16H22N2O2S. The van der Waals surface area contributed by atoms with Crippen molar-refractivity contribution in [1.82, 2.24) is 4.31 Å². The Hall–Kier alpha value is -1.59. The van der Waals surface area contributed by atoms with E-state index in [2.05, 4.69) is 0 Å². The number of nitrogens with two attached hydrogens (primary N) is 1. The molecule has 21 heavy (non-hydrogen) atoms. The molecule has 0 saturated heterocycles.